The first-order valence-corrected chi connectivity index (χ1v) is 9.72. The summed E-state index contributed by atoms with van der Waals surface area (Å²) in [5.74, 6) is -1.08. The van der Waals surface area contributed by atoms with E-state index >= 15 is 0 Å². The first kappa shape index (κ1) is 19.0. The number of aryl methyl sites for hydroxylation is 1. The number of aromatic hydroxyl groups is 2. The van der Waals surface area contributed by atoms with E-state index in [1.165, 1.54) is 13.8 Å². The van der Waals surface area contributed by atoms with Crippen LogP contribution in [0.15, 0.2) is 30.3 Å². The van der Waals surface area contributed by atoms with Crippen molar-refractivity contribution in [3.63, 3.8) is 0 Å². The van der Waals surface area contributed by atoms with E-state index < -0.39 is 11.2 Å². The molecule has 2 aromatic heterocycles. The summed E-state index contributed by atoms with van der Waals surface area (Å²) in [7, 11) is 0. The molecule has 0 unspecified atom stereocenters. The van der Waals surface area contributed by atoms with E-state index in [0.29, 0.717) is 22.6 Å². The summed E-state index contributed by atoms with van der Waals surface area (Å²) < 4.78 is 7.61. The van der Waals surface area contributed by atoms with Gasteiger partial charge < -0.3 is 14.9 Å². The quantitative estimate of drug-likeness (QED) is 0.614. The maximum absolute atomic E-state index is 13.8. The van der Waals surface area contributed by atoms with Gasteiger partial charge in [-0.3, -0.25) is 14.6 Å². The third-order valence-electron chi connectivity index (χ3n) is 6.13. The molecule has 1 aliphatic carbocycles. The van der Waals surface area contributed by atoms with Crippen LogP contribution < -0.4 is 4.74 Å². The van der Waals surface area contributed by atoms with Crippen LogP contribution in [-0.4, -0.2) is 36.5 Å². The molecule has 31 heavy (non-hydrogen) atoms. The summed E-state index contributed by atoms with van der Waals surface area (Å²) in [5.41, 5.74) is 1.03. The van der Waals surface area contributed by atoms with Gasteiger partial charge in [0.1, 0.15) is 34.0 Å². The van der Waals surface area contributed by atoms with Crippen LogP contribution in [0.1, 0.15) is 57.1 Å². The molecule has 2 aliphatic rings. The molecule has 1 aliphatic heterocycles. The molecule has 3 aromatic rings. The predicted molar refractivity (Wildman–Crippen MR) is 111 cm³/mol. The van der Waals surface area contributed by atoms with Crippen molar-refractivity contribution in [3.05, 3.63) is 63.9 Å². The van der Waals surface area contributed by atoms with Crippen molar-refractivity contribution in [2.75, 3.05) is 0 Å². The summed E-state index contributed by atoms with van der Waals surface area (Å²) >= 11 is 0. The first-order chi connectivity index (χ1) is 14.7. The fourth-order valence-electron chi connectivity index (χ4n) is 4.46. The second-order valence-corrected chi connectivity index (χ2v) is 7.99. The van der Waals surface area contributed by atoms with Crippen molar-refractivity contribution in [2.45, 2.75) is 33.1 Å². The molecule has 1 atom stereocenters. The number of hydrogen-bond acceptors (Lipinski definition) is 7. The molecule has 156 valence electrons. The summed E-state index contributed by atoms with van der Waals surface area (Å²) in [5, 5.41) is 25.9. The molecule has 0 saturated heterocycles. The fraction of sp³-hybridized carbons (Fsp3) is 0.217. The second-order valence-electron chi connectivity index (χ2n) is 7.99. The molecular weight excluding hydrogens is 398 g/mol. The van der Waals surface area contributed by atoms with Gasteiger partial charge in [0.15, 0.2) is 11.6 Å². The largest absolute Gasteiger partial charge is 0.507 e. The fourth-order valence-corrected chi connectivity index (χ4v) is 4.46. The maximum Gasteiger partial charge on any atom is 0.185 e. The van der Waals surface area contributed by atoms with Gasteiger partial charge in [0.05, 0.1) is 34.4 Å². The Kier molecular flexibility index (Phi) is 3.71. The molecule has 1 aromatic carbocycles. The van der Waals surface area contributed by atoms with Gasteiger partial charge in [0.25, 0.3) is 0 Å². The number of phenols is 2. The number of rotatable bonds is 2. The molecule has 0 radical (unpaired) electrons. The molecule has 0 saturated carbocycles. The van der Waals surface area contributed by atoms with Crippen molar-refractivity contribution in [1.29, 1.82) is 0 Å². The second kappa shape index (κ2) is 6.04. The highest BCUT2D eigenvalue weighted by Gasteiger charge is 2.55. The van der Waals surface area contributed by atoms with Crippen molar-refractivity contribution in [1.82, 2.24) is 14.8 Å². The van der Waals surface area contributed by atoms with Crippen LogP contribution in [0, 0.1) is 13.8 Å². The minimum Gasteiger partial charge on any atom is -0.507 e. The third kappa shape index (κ3) is 2.24. The Balaban J connectivity index is 1.82. The number of carbonyl (C=O) groups is 2. The summed E-state index contributed by atoms with van der Waals surface area (Å²) in [6.45, 7) is 6.18. The standard InChI is InChI=1S/C23H19N3O5/c1-10-19(28)17(12(3)27)21-18(20(10)29)23(4)15(31-21)8-14-16(22(23)30)11(2)25-26(14)13-6-5-7-24-9-13/h5-9,28-29H,1-4H3/t23-/m0/s1. The van der Waals surface area contributed by atoms with Crippen molar-refractivity contribution >= 4 is 17.6 Å². The minimum atomic E-state index is -1.36. The van der Waals surface area contributed by atoms with Crippen LogP contribution in [-0.2, 0) is 5.41 Å². The molecule has 0 fully saturated rings. The molecule has 0 spiro atoms. The van der Waals surface area contributed by atoms with Crippen LogP contribution in [0.2, 0.25) is 0 Å². The average Bonchev–Trinajstić information content (AvgIpc) is 3.22. The van der Waals surface area contributed by atoms with Crippen molar-refractivity contribution in [3.8, 4) is 22.9 Å². The van der Waals surface area contributed by atoms with Crippen LogP contribution in [0.4, 0.5) is 0 Å². The summed E-state index contributed by atoms with van der Waals surface area (Å²) in [6.07, 6.45) is 4.97. The molecule has 5 rings (SSSR count). The number of Topliss-reactive ketones (excluding diaryl/α,β-unsaturated/α-hetero) is 2. The molecule has 0 bridgehead atoms. The number of nitrogens with zero attached hydrogens (tertiary/aromatic N) is 3. The zero-order valence-electron chi connectivity index (χ0n) is 17.3. The lowest BCUT2D eigenvalue weighted by Gasteiger charge is -2.27. The Bertz CT molecular complexity index is 1350. The van der Waals surface area contributed by atoms with Gasteiger partial charge in [-0.05, 0) is 39.8 Å². The predicted octanol–water partition coefficient (Wildman–Crippen LogP) is 3.39. The lowest BCUT2D eigenvalue weighted by molar-refractivity contribution is 0.0905. The number of phenolic OH excluding ortho intramolecular Hbond substituents is 2. The van der Waals surface area contributed by atoms with Crippen LogP contribution in [0.3, 0.4) is 0 Å². The number of carbonyl (C=O) groups excluding carboxylic acids is 2. The number of ether oxygens (including phenoxy) is 1. The Morgan fingerprint density at radius 1 is 1.23 bits per heavy atom. The third-order valence-corrected chi connectivity index (χ3v) is 6.13. The highest BCUT2D eigenvalue weighted by atomic mass is 16.5. The maximum atomic E-state index is 13.8. The van der Waals surface area contributed by atoms with Gasteiger partial charge in [-0.2, -0.15) is 5.10 Å². The van der Waals surface area contributed by atoms with Gasteiger partial charge >= 0.3 is 0 Å². The summed E-state index contributed by atoms with van der Waals surface area (Å²) in [4.78, 5) is 30.2. The van der Waals surface area contributed by atoms with Gasteiger partial charge in [-0.15, -0.1) is 0 Å². The van der Waals surface area contributed by atoms with Crippen LogP contribution >= 0.6 is 0 Å². The van der Waals surface area contributed by atoms with E-state index in [0.717, 1.165) is 0 Å². The van der Waals surface area contributed by atoms with Crippen LogP contribution in [0.25, 0.3) is 11.8 Å². The number of aromatic nitrogens is 3. The van der Waals surface area contributed by atoms with Gasteiger partial charge in [-0.25, -0.2) is 4.68 Å². The van der Waals surface area contributed by atoms with E-state index in [9.17, 15) is 19.8 Å². The Morgan fingerprint density at radius 3 is 2.61 bits per heavy atom. The van der Waals surface area contributed by atoms with E-state index in [4.69, 9.17) is 4.74 Å². The Labute approximate surface area is 177 Å². The van der Waals surface area contributed by atoms with Gasteiger partial charge in [-0.1, -0.05) is 0 Å². The normalized spacial score (nSPS) is 18.7. The molecule has 8 nitrogen and oxygen atoms in total. The number of fused-ring (bicyclic) bond motifs is 4. The Morgan fingerprint density at radius 2 is 1.97 bits per heavy atom. The molecule has 8 heteroatoms. The average molecular weight is 417 g/mol. The molecule has 2 N–H and O–H groups in total. The van der Waals surface area contributed by atoms with E-state index in [-0.39, 0.29) is 45.5 Å². The highest BCUT2D eigenvalue weighted by Crippen LogP contribution is 2.58. The van der Waals surface area contributed by atoms with E-state index in [1.807, 2.05) is 6.07 Å². The number of allylic oxidation sites excluding steroid dienone is 1. The monoisotopic (exact) mass is 417 g/mol. The lowest BCUT2D eigenvalue weighted by Crippen LogP contribution is -2.36. The smallest absolute Gasteiger partial charge is 0.185 e. The molecule has 0 amide bonds. The Hall–Kier alpha value is -3.94. The first-order valence-electron chi connectivity index (χ1n) is 9.72. The van der Waals surface area contributed by atoms with E-state index in [2.05, 4.69) is 10.1 Å². The number of ketones is 2. The van der Waals surface area contributed by atoms with Gasteiger partial charge in [0, 0.05) is 17.8 Å². The zero-order valence-corrected chi connectivity index (χ0v) is 17.3. The lowest BCUT2D eigenvalue weighted by atomic mass is 9.71. The highest BCUT2D eigenvalue weighted by molar-refractivity contribution is 6.14. The number of hydrogen-bond donors (Lipinski definition) is 2. The van der Waals surface area contributed by atoms with E-state index in [1.54, 1.807) is 43.1 Å². The number of benzene rings is 1. The SMILES string of the molecule is CC(=O)c1c(O)c(C)c(O)c2c1OC1=Cc3c(c(C)nn3-c3cccnc3)C(=O)[C@@]12C. The van der Waals surface area contributed by atoms with Crippen molar-refractivity contribution < 1.29 is 24.5 Å². The van der Waals surface area contributed by atoms with Crippen molar-refractivity contribution in [2.24, 2.45) is 0 Å². The topological polar surface area (TPSA) is 115 Å². The molecule has 3 heterocycles. The summed E-state index contributed by atoms with van der Waals surface area (Å²) in [6, 6.07) is 3.59. The number of pyridine rings is 1. The minimum absolute atomic E-state index is 0.0129. The molecular formula is C23H19N3O5. The van der Waals surface area contributed by atoms with Crippen LogP contribution in [0.5, 0.6) is 17.2 Å². The van der Waals surface area contributed by atoms with Gasteiger partial charge in [0.2, 0.25) is 0 Å². The zero-order chi connectivity index (χ0) is 22.2.